The van der Waals surface area contributed by atoms with Gasteiger partial charge in [0.25, 0.3) is 0 Å². The predicted octanol–water partition coefficient (Wildman–Crippen LogP) is 0.925. The fourth-order valence-corrected chi connectivity index (χ4v) is 4.02. The molecular weight excluding hydrogens is 316 g/mol. The Hall–Kier alpha value is -0.440. The third kappa shape index (κ3) is 3.85. The second-order valence-electron chi connectivity index (χ2n) is 2.88. The Labute approximate surface area is 106 Å². The normalized spacial score (nSPS) is 11.4. The first-order valence-corrected chi connectivity index (χ1v) is 7.50. The number of hydrogen-bond donors (Lipinski definition) is 2. The van der Waals surface area contributed by atoms with Crippen LogP contribution in [0.2, 0.25) is 0 Å². The van der Waals surface area contributed by atoms with E-state index in [-0.39, 0.29) is 23.1 Å². The topological polar surface area (TPSA) is 75.3 Å². The average molecular weight is 327 g/mol. The molecular formula is C8H11BrN2O3S2. The van der Waals surface area contributed by atoms with E-state index in [1.165, 1.54) is 13.1 Å². The molecule has 1 aromatic rings. The van der Waals surface area contributed by atoms with E-state index in [0.29, 0.717) is 0 Å². The first-order valence-electron chi connectivity index (χ1n) is 4.41. The number of carbonyl (C=O) groups is 1. The number of thiophene rings is 1. The molecule has 0 saturated carbocycles. The second kappa shape index (κ2) is 5.76. The van der Waals surface area contributed by atoms with Crippen molar-refractivity contribution < 1.29 is 13.2 Å². The van der Waals surface area contributed by atoms with Crippen LogP contribution in [0.25, 0.3) is 0 Å². The van der Waals surface area contributed by atoms with Crippen LogP contribution in [0.3, 0.4) is 0 Å². The van der Waals surface area contributed by atoms with Gasteiger partial charge in [-0.25, -0.2) is 13.1 Å². The molecule has 16 heavy (non-hydrogen) atoms. The van der Waals surface area contributed by atoms with Crippen molar-refractivity contribution in [3.8, 4) is 0 Å². The zero-order valence-electron chi connectivity index (χ0n) is 8.49. The standard InChI is InChI=1S/C8H11BrN2O3S2/c1-10-7(12)4-5-11-16(13,14)8-3-2-6(9)15-8/h2-3,11H,4-5H2,1H3,(H,10,12). The molecule has 90 valence electrons. The number of carbonyl (C=O) groups excluding carboxylic acids is 1. The number of amides is 1. The maximum absolute atomic E-state index is 11.7. The largest absolute Gasteiger partial charge is 0.359 e. The molecule has 0 saturated heterocycles. The van der Waals surface area contributed by atoms with Crippen molar-refractivity contribution in [1.82, 2.24) is 10.0 Å². The molecule has 1 aromatic heterocycles. The van der Waals surface area contributed by atoms with Gasteiger partial charge in [0.05, 0.1) is 3.79 Å². The van der Waals surface area contributed by atoms with E-state index in [1.807, 2.05) is 0 Å². The summed E-state index contributed by atoms with van der Waals surface area (Å²) < 4.78 is 26.7. The van der Waals surface area contributed by atoms with Crippen LogP contribution in [0.15, 0.2) is 20.1 Å². The van der Waals surface area contributed by atoms with Crippen LogP contribution < -0.4 is 10.0 Å². The van der Waals surface area contributed by atoms with Crippen molar-refractivity contribution in [2.45, 2.75) is 10.6 Å². The van der Waals surface area contributed by atoms with E-state index < -0.39 is 10.0 Å². The van der Waals surface area contributed by atoms with Gasteiger partial charge in [-0.3, -0.25) is 4.79 Å². The minimum atomic E-state index is -3.48. The SMILES string of the molecule is CNC(=O)CCNS(=O)(=O)c1ccc(Br)s1. The van der Waals surface area contributed by atoms with Crippen LogP contribution in [0.5, 0.6) is 0 Å². The molecule has 0 spiro atoms. The molecule has 0 bridgehead atoms. The molecule has 0 aliphatic rings. The molecule has 0 fully saturated rings. The molecule has 0 radical (unpaired) electrons. The van der Waals surface area contributed by atoms with Crippen molar-refractivity contribution in [1.29, 1.82) is 0 Å². The number of nitrogens with one attached hydrogen (secondary N) is 2. The molecule has 5 nitrogen and oxygen atoms in total. The minimum Gasteiger partial charge on any atom is -0.359 e. The molecule has 0 unspecified atom stereocenters. The van der Waals surface area contributed by atoms with Crippen molar-refractivity contribution in [2.75, 3.05) is 13.6 Å². The first kappa shape index (κ1) is 13.6. The third-order valence-electron chi connectivity index (χ3n) is 1.74. The maximum Gasteiger partial charge on any atom is 0.250 e. The molecule has 8 heteroatoms. The average Bonchev–Trinajstić information content (AvgIpc) is 2.65. The number of sulfonamides is 1. The van der Waals surface area contributed by atoms with Gasteiger partial charge >= 0.3 is 0 Å². The van der Waals surface area contributed by atoms with Gasteiger partial charge < -0.3 is 5.32 Å². The van der Waals surface area contributed by atoms with Crippen molar-refractivity contribution in [2.24, 2.45) is 0 Å². The predicted molar refractivity (Wildman–Crippen MR) is 65.9 cm³/mol. The van der Waals surface area contributed by atoms with E-state index in [0.717, 1.165) is 15.1 Å². The van der Waals surface area contributed by atoms with Crippen molar-refractivity contribution in [3.63, 3.8) is 0 Å². The van der Waals surface area contributed by atoms with Crippen LogP contribution >= 0.6 is 27.3 Å². The summed E-state index contributed by atoms with van der Waals surface area (Å²) in [5.74, 6) is -0.199. The highest BCUT2D eigenvalue weighted by Crippen LogP contribution is 2.25. The molecule has 0 atom stereocenters. The number of halogens is 1. The Morgan fingerprint density at radius 1 is 1.50 bits per heavy atom. The Morgan fingerprint density at radius 3 is 2.69 bits per heavy atom. The van der Waals surface area contributed by atoms with Crippen LogP contribution in [0.1, 0.15) is 6.42 Å². The Morgan fingerprint density at radius 2 is 2.19 bits per heavy atom. The number of rotatable bonds is 5. The third-order valence-corrected chi connectivity index (χ3v) is 5.31. The molecule has 0 aliphatic heterocycles. The van der Waals surface area contributed by atoms with Gasteiger partial charge in [0, 0.05) is 20.0 Å². The molecule has 0 aliphatic carbocycles. The number of hydrogen-bond acceptors (Lipinski definition) is 4. The Kier molecular flexibility index (Phi) is 4.90. The van der Waals surface area contributed by atoms with Gasteiger partial charge in [0.1, 0.15) is 4.21 Å². The van der Waals surface area contributed by atoms with Gasteiger partial charge in [-0.15, -0.1) is 11.3 Å². The summed E-state index contributed by atoms with van der Waals surface area (Å²) in [7, 11) is -1.98. The zero-order chi connectivity index (χ0) is 12.2. The fourth-order valence-electron chi connectivity index (χ4n) is 0.937. The first-order chi connectivity index (χ1) is 7.45. The van der Waals surface area contributed by atoms with Crippen LogP contribution in [-0.2, 0) is 14.8 Å². The lowest BCUT2D eigenvalue weighted by molar-refractivity contribution is -0.120. The second-order valence-corrected chi connectivity index (χ2v) is 7.34. The fraction of sp³-hybridized carbons (Fsp3) is 0.375. The summed E-state index contributed by atoms with van der Waals surface area (Å²) in [4.78, 5) is 10.9. The summed E-state index contributed by atoms with van der Waals surface area (Å²) in [6, 6.07) is 3.18. The highest BCUT2D eigenvalue weighted by atomic mass is 79.9. The summed E-state index contributed by atoms with van der Waals surface area (Å²) in [6.45, 7) is 0.0948. The van der Waals surface area contributed by atoms with E-state index in [9.17, 15) is 13.2 Å². The van der Waals surface area contributed by atoms with Gasteiger partial charge in [-0.05, 0) is 28.1 Å². The molecule has 1 heterocycles. The van der Waals surface area contributed by atoms with Crippen LogP contribution in [0, 0.1) is 0 Å². The quantitative estimate of drug-likeness (QED) is 0.845. The van der Waals surface area contributed by atoms with E-state index in [1.54, 1.807) is 6.07 Å². The van der Waals surface area contributed by atoms with Crippen LogP contribution in [-0.4, -0.2) is 27.9 Å². The Balaban J connectivity index is 2.56. The van der Waals surface area contributed by atoms with Gasteiger partial charge in [0.2, 0.25) is 15.9 Å². The highest BCUT2D eigenvalue weighted by Gasteiger charge is 2.15. The molecule has 1 rings (SSSR count). The zero-order valence-corrected chi connectivity index (χ0v) is 11.7. The van der Waals surface area contributed by atoms with Crippen LogP contribution in [0.4, 0.5) is 0 Å². The van der Waals surface area contributed by atoms with Gasteiger partial charge in [-0.2, -0.15) is 0 Å². The summed E-state index contributed by atoms with van der Waals surface area (Å²) in [6.07, 6.45) is 0.127. The lowest BCUT2D eigenvalue weighted by Crippen LogP contribution is -2.28. The summed E-state index contributed by atoms with van der Waals surface area (Å²) >= 11 is 4.31. The minimum absolute atomic E-state index is 0.0948. The maximum atomic E-state index is 11.7. The smallest absolute Gasteiger partial charge is 0.250 e. The van der Waals surface area contributed by atoms with Crippen molar-refractivity contribution in [3.05, 3.63) is 15.9 Å². The van der Waals surface area contributed by atoms with E-state index >= 15 is 0 Å². The molecule has 0 aromatic carbocycles. The molecule has 2 N–H and O–H groups in total. The highest BCUT2D eigenvalue weighted by molar-refractivity contribution is 9.11. The lowest BCUT2D eigenvalue weighted by Gasteiger charge is -2.03. The monoisotopic (exact) mass is 326 g/mol. The molecule has 1 amide bonds. The lowest BCUT2D eigenvalue weighted by atomic mass is 10.4. The van der Waals surface area contributed by atoms with E-state index in [2.05, 4.69) is 26.0 Å². The Bertz CT molecular complexity index is 469. The van der Waals surface area contributed by atoms with Gasteiger partial charge in [0.15, 0.2) is 0 Å². The van der Waals surface area contributed by atoms with Gasteiger partial charge in [-0.1, -0.05) is 0 Å². The van der Waals surface area contributed by atoms with Crippen molar-refractivity contribution >= 4 is 43.2 Å². The summed E-state index contributed by atoms with van der Waals surface area (Å²) in [5.41, 5.74) is 0. The summed E-state index contributed by atoms with van der Waals surface area (Å²) in [5, 5.41) is 2.42. The van der Waals surface area contributed by atoms with E-state index in [4.69, 9.17) is 0 Å².